The van der Waals surface area contributed by atoms with Crippen LogP contribution in [-0.4, -0.2) is 17.0 Å². The molecule has 0 radical (unpaired) electrons. The fraction of sp³-hybridized carbons (Fsp3) is 0.133. The zero-order valence-electron chi connectivity index (χ0n) is 9.61. The maximum absolute atomic E-state index is 12.0. The number of aliphatic hydroxyl groups is 1. The molecule has 18 heavy (non-hydrogen) atoms. The van der Waals surface area contributed by atoms with E-state index >= 15 is 0 Å². The van der Waals surface area contributed by atoms with Crippen LogP contribution in [0.3, 0.4) is 0 Å². The Morgan fingerprint density at radius 1 is 1.22 bits per heavy atom. The number of carbonyl (C=O) groups is 1. The minimum atomic E-state index is -1.10. The van der Waals surface area contributed by atoms with E-state index < -0.39 is 6.10 Å². The average Bonchev–Trinajstić information content (AvgIpc) is 3.06. The van der Waals surface area contributed by atoms with Gasteiger partial charge in [-0.2, -0.15) is 0 Å². The molecule has 3 rings (SSSR count). The SMILES string of the molecule is O=C(c1ccco1)C(O)C1C=Cc2ccccc21. The number of benzene rings is 1. The van der Waals surface area contributed by atoms with Gasteiger partial charge in [0, 0.05) is 5.92 Å². The second-order valence-corrected chi connectivity index (χ2v) is 4.30. The van der Waals surface area contributed by atoms with Crippen LogP contribution in [0.2, 0.25) is 0 Å². The molecular formula is C15H12O3. The third-order valence-corrected chi connectivity index (χ3v) is 3.21. The normalized spacial score (nSPS) is 18.6. The van der Waals surface area contributed by atoms with Crippen LogP contribution >= 0.6 is 0 Å². The first-order valence-corrected chi connectivity index (χ1v) is 5.80. The summed E-state index contributed by atoms with van der Waals surface area (Å²) in [5.74, 6) is -0.481. The predicted octanol–water partition coefficient (Wildman–Crippen LogP) is 2.63. The van der Waals surface area contributed by atoms with Crippen molar-refractivity contribution in [2.24, 2.45) is 0 Å². The molecule has 1 aliphatic rings. The van der Waals surface area contributed by atoms with E-state index in [2.05, 4.69) is 0 Å². The summed E-state index contributed by atoms with van der Waals surface area (Å²) in [6.07, 6.45) is 4.11. The van der Waals surface area contributed by atoms with Crippen molar-refractivity contribution in [2.75, 3.05) is 0 Å². The number of hydrogen-bond donors (Lipinski definition) is 1. The van der Waals surface area contributed by atoms with Crippen LogP contribution in [-0.2, 0) is 0 Å². The van der Waals surface area contributed by atoms with Crippen molar-refractivity contribution in [3.63, 3.8) is 0 Å². The number of Topliss-reactive ketones (excluding diaryl/α,β-unsaturated/α-hetero) is 1. The van der Waals surface area contributed by atoms with Gasteiger partial charge in [0.15, 0.2) is 5.76 Å². The number of aliphatic hydroxyl groups excluding tert-OH is 1. The molecule has 3 heteroatoms. The monoisotopic (exact) mass is 240 g/mol. The summed E-state index contributed by atoms with van der Waals surface area (Å²) in [6.45, 7) is 0. The minimum Gasteiger partial charge on any atom is -0.461 e. The van der Waals surface area contributed by atoms with Gasteiger partial charge < -0.3 is 9.52 Å². The van der Waals surface area contributed by atoms with Crippen LogP contribution < -0.4 is 0 Å². The first-order chi connectivity index (χ1) is 8.77. The predicted molar refractivity (Wildman–Crippen MR) is 67.3 cm³/mol. The molecule has 90 valence electrons. The topological polar surface area (TPSA) is 50.4 Å². The van der Waals surface area contributed by atoms with Crippen LogP contribution in [0.15, 0.2) is 53.2 Å². The lowest BCUT2D eigenvalue weighted by atomic mass is 9.92. The van der Waals surface area contributed by atoms with E-state index in [9.17, 15) is 9.90 Å². The molecule has 0 amide bonds. The molecule has 1 aliphatic carbocycles. The van der Waals surface area contributed by atoms with Crippen molar-refractivity contribution in [1.82, 2.24) is 0 Å². The highest BCUT2D eigenvalue weighted by molar-refractivity contribution is 5.98. The quantitative estimate of drug-likeness (QED) is 0.839. The highest BCUT2D eigenvalue weighted by Gasteiger charge is 2.31. The Hall–Kier alpha value is -2.13. The van der Waals surface area contributed by atoms with Crippen molar-refractivity contribution in [3.05, 3.63) is 65.6 Å². The maximum Gasteiger partial charge on any atom is 0.227 e. The molecular weight excluding hydrogens is 228 g/mol. The molecule has 0 fully saturated rings. The van der Waals surface area contributed by atoms with Crippen LogP contribution in [0.4, 0.5) is 0 Å². The van der Waals surface area contributed by atoms with Gasteiger partial charge in [0.2, 0.25) is 5.78 Å². The summed E-state index contributed by atoms with van der Waals surface area (Å²) < 4.78 is 5.03. The molecule has 2 aromatic rings. The first-order valence-electron chi connectivity index (χ1n) is 5.80. The second kappa shape index (κ2) is 4.27. The Morgan fingerprint density at radius 2 is 2.06 bits per heavy atom. The van der Waals surface area contributed by atoms with Crippen molar-refractivity contribution >= 4 is 11.9 Å². The number of hydrogen-bond acceptors (Lipinski definition) is 3. The zero-order valence-corrected chi connectivity index (χ0v) is 9.61. The van der Waals surface area contributed by atoms with Crippen LogP contribution in [0.1, 0.15) is 27.6 Å². The molecule has 0 bridgehead atoms. The Kier molecular flexibility index (Phi) is 2.61. The lowest BCUT2D eigenvalue weighted by Crippen LogP contribution is -2.26. The molecule has 1 aromatic carbocycles. The number of rotatable bonds is 3. The number of carbonyl (C=O) groups excluding carboxylic acids is 1. The Morgan fingerprint density at radius 3 is 2.83 bits per heavy atom. The standard InChI is InChI=1S/C15H12O3/c16-14(15(17)13-6-3-9-18-13)12-8-7-10-4-1-2-5-11(10)12/h1-9,12,14,16H. The van der Waals surface area contributed by atoms with Crippen molar-refractivity contribution in [1.29, 1.82) is 0 Å². The number of fused-ring (bicyclic) bond motifs is 1. The van der Waals surface area contributed by atoms with Crippen LogP contribution in [0.5, 0.6) is 0 Å². The van der Waals surface area contributed by atoms with Crippen LogP contribution in [0.25, 0.3) is 6.08 Å². The first kappa shape index (κ1) is 11.0. The van der Waals surface area contributed by atoms with Gasteiger partial charge in [0.1, 0.15) is 6.10 Å². The summed E-state index contributed by atoms with van der Waals surface area (Å²) in [5.41, 5.74) is 2.03. The van der Waals surface area contributed by atoms with Gasteiger partial charge in [-0.25, -0.2) is 0 Å². The second-order valence-electron chi connectivity index (χ2n) is 4.30. The van der Waals surface area contributed by atoms with Crippen molar-refractivity contribution < 1.29 is 14.3 Å². The largest absolute Gasteiger partial charge is 0.461 e. The van der Waals surface area contributed by atoms with Crippen molar-refractivity contribution in [3.8, 4) is 0 Å². The Bertz CT molecular complexity index is 596. The van der Waals surface area contributed by atoms with Gasteiger partial charge in [0.25, 0.3) is 0 Å². The molecule has 3 nitrogen and oxygen atoms in total. The Balaban J connectivity index is 1.89. The minimum absolute atomic E-state index is 0.195. The fourth-order valence-electron chi connectivity index (χ4n) is 2.28. The molecule has 2 atom stereocenters. The highest BCUT2D eigenvalue weighted by Crippen LogP contribution is 2.33. The summed E-state index contributed by atoms with van der Waals surface area (Å²) in [6, 6.07) is 10.9. The third-order valence-electron chi connectivity index (χ3n) is 3.21. The average molecular weight is 240 g/mol. The van der Waals surface area contributed by atoms with Crippen molar-refractivity contribution in [2.45, 2.75) is 12.0 Å². The molecule has 1 aromatic heterocycles. The third kappa shape index (κ3) is 1.69. The summed E-state index contributed by atoms with van der Waals surface area (Å²) >= 11 is 0. The maximum atomic E-state index is 12.0. The van der Waals surface area contributed by atoms with E-state index in [1.165, 1.54) is 6.26 Å². The van der Waals surface area contributed by atoms with E-state index in [4.69, 9.17) is 4.42 Å². The smallest absolute Gasteiger partial charge is 0.227 e. The van der Waals surface area contributed by atoms with Gasteiger partial charge in [-0.15, -0.1) is 0 Å². The Labute approximate surface area is 104 Å². The van der Waals surface area contributed by atoms with E-state index in [1.54, 1.807) is 12.1 Å². The van der Waals surface area contributed by atoms with E-state index in [0.717, 1.165) is 11.1 Å². The fourth-order valence-corrected chi connectivity index (χ4v) is 2.28. The van der Waals surface area contributed by atoms with Gasteiger partial charge in [-0.05, 0) is 23.3 Å². The molecule has 0 saturated carbocycles. The number of furan rings is 1. The molecule has 1 heterocycles. The van der Waals surface area contributed by atoms with E-state index in [1.807, 2.05) is 36.4 Å². The molecule has 1 N–H and O–H groups in total. The summed E-state index contributed by atoms with van der Waals surface area (Å²) in [4.78, 5) is 12.0. The summed E-state index contributed by atoms with van der Waals surface area (Å²) in [5, 5.41) is 10.2. The molecule has 0 aliphatic heterocycles. The van der Waals surface area contributed by atoms with Gasteiger partial charge in [-0.1, -0.05) is 36.4 Å². The van der Waals surface area contributed by atoms with Gasteiger partial charge in [-0.3, -0.25) is 4.79 Å². The lowest BCUT2D eigenvalue weighted by Gasteiger charge is -2.16. The van der Waals surface area contributed by atoms with Gasteiger partial charge >= 0.3 is 0 Å². The molecule has 2 unspecified atom stereocenters. The van der Waals surface area contributed by atoms with Gasteiger partial charge in [0.05, 0.1) is 6.26 Å². The van der Waals surface area contributed by atoms with Crippen LogP contribution in [0, 0.1) is 0 Å². The lowest BCUT2D eigenvalue weighted by molar-refractivity contribution is 0.0692. The van der Waals surface area contributed by atoms with E-state index in [-0.39, 0.29) is 17.5 Å². The number of ketones is 1. The molecule has 0 spiro atoms. The highest BCUT2D eigenvalue weighted by atomic mass is 16.3. The summed E-state index contributed by atoms with van der Waals surface area (Å²) in [7, 11) is 0. The van der Waals surface area contributed by atoms with E-state index in [0.29, 0.717) is 0 Å². The molecule has 0 saturated heterocycles. The zero-order chi connectivity index (χ0) is 12.5.